The van der Waals surface area contributed by atoms with Gasteiger partial charge in [-0.15, -0.1) is 0 Å². The maximum Gasteiger partial charge on any atom is 0.0323 e. The first-order valence-electron chi connectivity index (χ1n) is 5.27. The van der Waals surface area contributed by atoms with Gasteiger partial charge in [-0.3, -0.25) is 0 Å². The minimum Gasteiger partial charge on any atom is -0.310 e. The van der Waals surface area contributed by atoms with E-state index in [4.69, 9.17) is 0 Å². The summed E-state index contributed by atoms with van der Waals surface area (Å²) in [5.74, 6) is 0. The number of halogens is 1. The molecule has 1 saturated heterocycles. The van der Waals surface area contributed by atoms with Crippen LogP contribution in [-0.2, 0) is 0 Å². The van der Waals surface area contributed by atoms with Crippen LogP contribution in [0.2, 0.25) is 0 Å². The van der Waals surface area contributed by atoms with E-state index in [1.54, 1.807) is 0 Å². The monoisotopic (exact) mass is 301 g/mol. The van der Waals surface area contributed by atoms with E-state index in [1.807, 2.05) is 0 Å². The molecule has 1 heterocycles. The van der Waals surface area contributed by atoms with Crippen LogP contribution < -0.4 is 5.32 Å². The summed E-state index contributed by atoms with van der Waals surface area (Å²) in [6.45, 7) is 3.41. The first-order valence-corrected chi connectivity index (χ1v) is 6.35. The Hall–Kier alpha value is -0.0900. The molecule has 0 unspecified atom stereocenters. The molecule has 1 aromatic rings. The number of benzene rings is 1. The van der Waals surface area contributed by atoms with Crippen LogP contribution in [0.1, 0.15) is 36.4 Å². The summed E-state index contributed by atoms with van der Waals surface area (Å²) in [6.07, 6.45) is 3.99. The van der Waals surface area contributed by atoms with Crippen molar-refractivity contribution < 1.29 is 0 Å². The van der Waals surface area contributed by atoms with Crippen molar-refractivity contribution >= 4 is 22.6 Å². The van der Waals surface area contributed by atoms with Gasteiger partial charge in [0, 0.05) is 9.61 Å². The molecule has 1 aliphatic heterocycles. The predicted molar refractivity (Wildman–Crippen MR) is 68.5 cm³/mol. The molecule has 1 atom stereocenters. The summed E-state index contributed by atoms with van der Waals surface area (Å²) >= 11 is 2.42. The van der Waals surface area contributed by atoms with E-state index in [9.17, 15) is 0 Å². The van der Waals surface area contributed by atoms with Gasteiger partial charge in [0.05, 0.1) is 0 Å². The van der Waals surface area contributed by atoms with Crippen LogP contribution in [0.25, 0.3) is 0 Å². The van der Waals surface area contributed by atoms with Gasteiger partial charge in [-0.05, 0) is 66.1 Å². The molecule has 2 rings (SSSR count). The molecule has 0 radical (unpaired) electrons. The average molecular weight is 301 g/mol. The van der Waals surface area contributed by atoms with Crippen molar-refractivity contribution in [2.24, 2.45) is 0 Å². The fraction of sp³-hybridized carbons (Fsp3) is 0.500. The second kappa shape index (κ2) is 4.62. The molecular formula is C12H16IN. The summed E-state index contributed by atoms with van der Waals surface area (Å²) in [6, 6.07) is 7.21. The number of piperidine rings is 1. The normalized spacial score (nSPS) is 22.3. The Morgan fingerprint density at radius 3 is 2.93 bits per heavy atom. The molecule has 2 heteroatoms. The number of rotatable bonds is 1. The minimum atomic E-state index is 0.596. The third-order valence-electron chi connectivity index (χ3n) is 3.00. The van der Waals surface area contributed by atoms with Crippen molar-refractivity contribution in [3.8, 4) is 0 Å². The molecule has 0 aromatic heterocycles. The van der Waals surface area contributed by atoms with Gasteiger partial charge >= 0.3 is 0 Å². The van der Waals surface area contributed by atoms with Gasteiger partial charge in [0.1, 0.15) is 0 Å². The lowest BCUT2D eigenvalue weighted by atomic mass is 9.94. The van der Waals surface area contributed by atoms with Crippen molar-refractivity contribution in [1.29, 1.82) is 0 Å². The summed E-state index contributed by atoms with van der Waals surface area (Å²) < 4.78 is 1.38. The van der Waals surface area contributed by atoms with Gasteiger partial charge in [0.15, 0.2) is 0 Å². The number of hydrogen-bond acceptors (Lipinski definition) is 1. The highest BCUT2D eigenvalue weighted by molar-refractivity contribution is 14.1. The lowest BCUT2D eigenvalue weighted by Crippen LogP contribution is -2.27. The largest absolute Gasteiger partial charge is 0.310 e. The zero-order valence-electron chi connectivity index (χ0n) is 8.52. The summed E-state index contributed by atoms with van der Waals surface area (Å²) in [7, 11) is 0. The molecule has 76 valence electrons. The Morgan fingerprint density at radius 1 is 1.36 bits per heavy atom. The van der Waals surface area contributed by atoms with E-state index < -0.39 is 0 Å². The molecule has 1 N–H and O–H groups in total. The highest BCUT2D eigenvalue weighted by Crippen LogP contribution is 2.27. The molecule has 0 bridgehead atoms. The van der Waals surface area contributed by atoms with Gasteiger partial charge in [0.2, 0.25) is 0 Å². The highest BCUT2D eigenvalue weighted by Gasteiger charge is 2.16. The molecular weight excluding hydrogens is 285 g/mol. The Bertz CT molecular complexity index is 316. The first-order chi connectivity index (χ1) is 6.79. The molecule has 1 fully saturated rings. The summed E-state index contributed by atoms with van der Waals surface area (Å²) in [5, 5.41) is 3.60. The number of nitrogens with one attached hydrogen (secondary N) is 1. The highest BCUT2D eigenvalue weighted by atomic mass is 127. The topological polar surface area (TPSA) is 12.0 Å². The second-order valence-electron chi connectivity index (χ2n) is 3.96. The zero-order valence-corrected chi connectivity index (χ0v) is 10.7. The first kappa shape index (κ1) is 10.4. The zero-order chi connectivity index (χ0) is 9.97. The van der Waals surface area contributed by atoms with E-state index in [2.05, 4.69) is 53.0 Å². The van der Waals surface area contributed by atoms with Crippen molar-refractivity contribution in [3.63, 3.8) is 0 Å². The summed E-state index contributed by atoms with van der Waals surface area (Å²) in [4.78, 5) is 0. The van der Waals surface area contributed by atoms with Crippen LogP contribution in [0.4, 0.5) is 0 Å². The van der Waals surface area contributed by atoms with E-state index in [-0.39, 0.29) is 0 Å². The molecule has 0 spiro atoms. The lowest BCUT2D eigenvalue weighted by Gasteiger charge is -2.25. The van der Waals surface area contributed by atoms with Crippen molar-refractivity contribution in [1.82, 2.24) is 5.32 Å². The van der Waals surface area contributed by atoms with Crippen LogP contribution in [0.5, 0.6) is 0 Å². The van der Waals surface area contributed by atoms with Gasteiger partial charge < -0.3 is 5.32 Å². The van der Waals surface area contributed by atoms with Crippen molar-refractivity contribution in [2.75, 3.05) is 6.54 Å². The minimum absolute atomic E-state index is 0.596. The van der Waals surface area contributed by atoms with Gasteiger partial charge in [-0.25, -0.2) is 0 Å². The van der Waals surface area contributed by atoms with Crippen LogP contribution >= 0.6 is 22.6 Å². The molecule has 14 heavy (non-hydrogen) atoms. The van der Waals surface area contributed by atoms with Gasteiger partial charge in [0.25, 0.3) is 0 Å². The molecule has 0 amide bonds. The van der Waals surface area contributed by atoms with E-state index in [1.165, 1.54) is 40.5 Å². The smallest absolute Gasteiger partial charge is 0.0323 e. The van der Waals surface area contributed by atoms with Crippen molar-refractivity contribution in [3.05, 3.63) is 32.9 Å². The standard InChI is InChI=1S/C12H16IN/c1-9-10(5-4-6-11(9)13)12-7-2-3-8-14-12/h4-6,12,14H,2-3,7-8H2,1H3/t12-/m0/s1. The van der Waals surface area contributed by atoms with Crippen LogP contribution in [0.15, 0.2) is 18.2 Å². The number of hydrogen-bond donors (Lipinski definition) is 1. The Labute approximate surface area is 99.4 Å². The average Bonchev–Trinajstić information content (AvgIpc) is 2.23. The van der Waals surface area contributed by atoms with E-state index in [0.29, 0.717) is 6.04 Å². The quantitative estimate of drug-likeness (QED) is 0.784. The van der Waals surface area contributed by atoms with Crippen LogP contribution in [0.3, 0.4) is 0 Å². The second-order valence-corrected chi connectivity index (χ2v) is 5.12. The molecule has 1 aliphatic rings. The molecule has 0 saturated carbocycles. The maximum atomic E-state index is 3.60. The van der Waals surface area contributed by atoms with Crippen LogP contribution in [-0.4, -0.2) is 6.54 Å². The molecule has 1 aromatic carbocycles. The fourth-order valence-electron chi connectivity index (χ4n) is 2.12. The fourth-order valence-corrected chi connectivity index (χ4v) is 2.64. The Balaban J connectivity index is 2.26. The third-order valence-corrected chi connectivity index (χ3v) is 4.16. The van der Waals surface area contributed by atoms with E-state index >= 15 is 0 Å². The Morgan fingerprint density at radius 2 is 2.21 bits per heavy atom. The summed E-state index contributed by atoms with van der Waals surface area (Å²) in [5.41, 5.74) is 2.95. The predicted octanol–water partition coefficient (Wildman–Crippen LogP) is 3.41. The SMILES string of the molecule is Cc1c(I)cccc1[C@@H]1CCCCN1. The van der Waals surface area contributed by atoms with Gasteiger partial charge in [-0.2, -0.15) is 0 Å². The lowest BCUT2D eigenvalue weighted by molar-refractivity contribution is 0.411. The molecule has 1 nitrogen and oxygen atoms in total. The van der Waals surface area contributed by atoms with Gasteiger partial charge in [-0.1, -0.05) is 18.6 Å². The van der Waals surface area contributed by atoms with E-state index in [0.717, 1.165) is 0 Å². The molecule has 0 aliphatic carbocycles. The maximum absolute atomic E-state index is 3.60. The third kappa shape index (κ3) is 2.11. The van der Waals surface area contributed by atoms with Crippen LogP contribution in [0, 0.1) is 10.5 Å². The van der Waals surface area contributed by atoms with Crippen molar-refractivity contribution in [2.45, 2.75) is 32.2 Å². The Kier molecular flexibility index (Phi) is 3.44.